The highest BCUT2D eigenvalue weighted by atomic mass is 79.9. The van der Waals surface area contributed by atoms with E-state index in [1.807, 2.05) is 18.3 Å². The summed E-state index contributed by atoms with van der Waals surface area (Å²) in [4.78, 5) is 15.2. The summed E-state index contributed by atoms with van der Waals surface area (Å²) in [7, 11) is 0. The second kappa shape index (κ2) is 8.48. The van der Waals surface area contributed by atoms with Crippen LogP contribution >= 0.6 is 27.3 Å². The Morgan fingerprint density at radius 1 is 1.25 bits per heavy atom. The first-order valence-corrected chi connectivity index (χ1v) is 9.80. The van der Waals surface area contributed by atoms with Crippen LogP contribution in [-0.2, 0) is 6.54 Å². The zero-order valence-corrected chi connectivity index (χ0v) is 16.2. The molecule has 1 aliphatic heterocycles. The lowest BCUT2D eigenvalue weighted by atomic mass is 10.3. The minimum absolute atomic E-state index is 0.721. The highest BCUT2D eigenvalue weighted by Crippen LogP contribution is 2.22. The first-order valence-electron chi connectivity index (χ1n) is 8.19. The molecule has 0 amide bonds. The Morgan fingerprint density at radius 3 is 2.71 bits per heavy atom. The molecule has 0 unspecified atom stereocenters. The summed E-state index contributed by atoms with van der Waals surface area (Å²) >= 11 is 5.25. The normalized spacial score (nSPS) is 15.7. The van der Waals surface area contributed by atoms with Crippen LogP contribution in [0.3, 0.4) is 0 Å². The fourth-order valence-electron chi connectivity index (χ4n) is 2.70. The Morgan fingerprint density at radius 2 is 2.08 bits per heavy atom. The third-order valence-electron chi connectivity index (χ3n) is 3.90. The molecule has 0 radical (unpaired) electrons. The lowest BCUT2D eigenvalue weighted by Crippen LogP contribution is -2.52. The van der Waals surface area contributed by atoms with E-state index in [0.717, 1.165) is 54.8 Å². The molecule has 7 heteroatoms. The average molecular weight is 408 g/mol. The zero-order valence-electron chi connectivity index (χ0n) is 13.8. The Labute approximate surface area is 155 Å². The SMILES string of the molecule is CCNC(=NCc1ccc(Br)s1)N1CCN(c2ccccn2)CC1. The number of thiophene rings is 1. The van der Waals surface area contributed by atoms with Gasteiger partial charge in [-0.25, -0.2) is 9.98 Å². The van der Waals surface area contributed by atoms with Gasteiger partial charge in [-0.2, -0.15) is 0 Å². The van der Waals surface area contributed by atoms with Crippen molar-refractivity contribution in [3.8, 4) is 0 Å². The lowest BCUT2D eigenvalue weighted by Gasteiger charge is -2.37. The lowest BCUT2D eigenvalue weighted by molar-refractivity contribution is 0.371. The van der Waals surface area contributed by atoms with E-state index in [9.17, 15) is 0 Å². The summed E-state index contributed by atoms with van der Waals surface area (Å²) in [5.74, 6) is 2.06. The van der Waals surface area contributed by atoms with Gasteiger partial charge in [-0.1, -0.05) is 6.07 Å². The number of halogens is 1. The number of nitrogens with zero attached hydrogens (tertiary/aromatic N) is 4. The standard InChI is InChI=1S/C17H22BrN5S/c1-2-19-17(21-13-14-6-7-15(18)24-14)23-11-9-22(10-12-23)16-5-3-4-8-20-16/h3-8H,2,9-13H2,1H3,(H,19,21). The number of pyridine rings is 1. The number of guanidine groups is 1. The van der Waals surface area contributed by atoms with Crippen molar-refractivity contribution in [2.45, 2.75) is 13.5 Å². The molecule has 5 nitrogen and oxygen atoms in total. The van der Waals surface area contributed by atoms with Crippen LogP contribution in [0.15, 0.2) is 45.3 Å². The maximum atomic E-state index is 4.81. The largest absolute Gasteiger partial charge is 0.357 e. The molecule has 1 aliphatic rings. The van der Waals surface area contributed by atoms with Crippen LogP contribution in [-0.4, -0.2) is 48.6 Å². The molecule has 2 aromatic rings. The summed E-state index contributed by atoms with van der Waals surface area (Å²) < 4.78 is 1.15. The van der Waals surface area contributed by atoms with E-state index in [1.165, 1.54) is 4.88 Å². The van der Waals surface area contributed by atoms with Gasteiger partial charge in [0.2, 0.25) is 0 Å². The maximum Gasteiger partial charge on any atom is 0.194 e. The fraction of sp³-hybridized carbons (Fsp3) is 0.412. The number of hydrogen-bond donors (Lipinski definition) is 1. The number of nitrogens with one attached hydrogen (secondary N) is 1. The highest BCUT2D eigenvalue weighted by Gasteiger charge is 2.20. The van der Waals surface area contributed by atoms with Crippen LogP contribution in [0.2, 0.25) is 0 Å². The predicted octanol–water partition coefficient (Wildman–Crippen LogP) is 3.19. The van der Waals surface area contributed by atoms with Crippen LogP contribution in [0.1, 0.15) is 11.8 Å². The Hall–Kier alpha value is -1.60. The second-order valence-corrected chi connectivity index (χ2v) is 8.09. The van der Waals surface area contributed by atoms with Crippen LogP contribution in [0.4, 0.5) is 5.82 Å². The summed E-state index contributed by atoms with van der Waals surface area (Å²) in [5.41, 5.74) is 0. The van der Waals surface area contributed by atoms with Crippen LogP contribution in [0.25, 0.3) is 0 Å². The van der Waals surface area contributed by atoms with Crippen molar-refractivity contribution in [3.05, 3.63) is 45.2 Å². The van der Waals surface area contributed by atoms with E-state index in [1.54, 1.807) is 11.3 Å². The van der Waals surface area contributed by atoms with Gasteiger partial charge in [0.1, 0.15) is 5.82 Å². The molecule has 0 aromatic carbocycles. The third kappa shape index (κ3) is 4.48. The fourth-order valence-corrected chi connectivity index (χ4v) is 4.11. The molecular weight excluding hydrogens is 386 g/mol. The van der Waals surface area contributed by atoms with Crippen molar-refractivity contribution in [1.82, 2.24) is 15.2 Å². The summed E-state index contributed by atoms with van der Waals surface area (Å²) in [6.45, 7) is 7.55. The molecule has 3 rings (SSSR count). The third-order valence-corrected chi connectivity index (χ3v) is 5.51. The minimum Gasteiger partial charge on any atom is -0.357 e. The van der Waals surface area contributed by atoms with Crippen molar-refractivity contribution >= 4 is 39.0 Å². The van der Waals surface area contributed by atoms with Gasteiger partial charge in [0.25, 0.3) is 0 Å². The number of aromatic nitrogens is 1. The molecule has 0 bridgehead atoms. The van der Waals surface area contributed by atoms with Gasteiger partial charge in [0.05, 0.1) is 10.3 Å². The number of anilines is 1. The van der Waals surface area contributed by atoms with Crippen molar-refractivity contribution in [2.75, 3.05) is 37.6 Å². The summed E-state index contributed by atoms with van der Waals surface area (Å²) in [6.07, 6.45) is 1.85. The molecule has 24 heavy (non-hydrogen) atoms. The van der Waals surface area contributed by atoms with Crippen molar-refractivity contribution < 1.29 is 0 Å². The molecular formula is C17H22BrN5S. The number of rotatable bonds is 4. The van der Waals surface area contributed by atoms with E-state index < -0.39 is 0 Å². The number of hydrogen-bond acceptors (Lipinski definition) is 4. The van der Waals surface area contributed by atoms with E-state index in [0.29, 0.717) is 0 Å². The first kappa shape index (κ1) is 17.2. The minimum atomic E-state index is 0.721. The van der Waals surface area contributed by atoms with E-state index >= 15 is 0 Å². The summed E-state index contributed by atoms with van der Waals surface area (Å²) in [6, 6.07) is 10.3. The van der Waals surface area contributed by atoms with Gasteiger partial charge < -0.3 is 15.1 Å². The van der Waals surface area contributed by atoms with Gasteiger partial charge in [-0.3, -0.25) is 0 Å². The van der Waals surface area contributed by atoms with Gasteiger partial charge in [0.15, 0.2) is 5.96 Å². The molecule has 1 fully saturated rings. The molecule has 1 N–H and O–H groups in total. The van der Waals surface area contributed by atoms with Crippen LogP contribution < -0.4 is 10.2 Å². The smallest absolute Gasteiger partial charge is 0.194 e. The van der Waals surface area contributed by atoms with Crippen LogP contribution in [0.5, 0.6) is 0 Å². The first-order chi connectivity index (χ1) is 11.8. The average Bonchev–Trinajstić information content (AvgIpc) is 3.05. The topological polar surface area (TPSA) is 43.8 Å². The Balaban J connectivity index is 1.61. The van der Waals surface area contributed by atoms with E-state index in [2.05, 4.69) is 61.2 Å². The van der Waals surface area contributed by atoms with Crippen molar-refractivity contribution in [1.29, 1.82) is 0 Å². The van der Waals surface area contributed by atoms with Gasteiger partial charge >= 0.3 is 0 Å². The molecule has 0 spiro atoms. The Kier molecular flexibility index (Phi) is 6.09. The van der Waals surface area contributed by atoms with Gasteiger partial charge in [-0.05, 0) is 47.1 Å². The maximum absolute atomic E-state index is 4.81. The molecule has 3 heterocycles. The van der Waals surface area contributed by atoms with Gasteiger partial charge in [0, 0.05) is 43.8 Å². The quantitative estimate of drug-likeness (QED) is 0.624. The zero-order chi connectivity index (χ0) is 16.8. The van der Waals surface area contributed by atoms with Crippen LogP contribution in [0, 0.1) is 0 Å². The molecule has 0 aliphatic carbocycles. The molecule has 1 saturated heterocycles. The Bertz CT molecular complexity index is 665. The number of aliphatic imine (C=N–C) groups is 1. The molecule has 128 valence electrons. The molecule has 0 atom stereocenters. The monoisotopic (exact) mass is 407 g/mol. The summed E-state index contributed by atoms with van der Waals surface area (Å²) in [5, 5.41) is 3.42. The predicted molar refractivity (Wildman–Crippen MR) is 105 cm³/mol. The highest BCUT2D eigenvalue weighted by molar-refractivity contribution is 9.11. The van der Waals surface area contributed by atoms with Crippen molar-refractivity contribution in [3.63, 3.8) is 0 Å². The molecule has 0 saturated carbocycles. The van der Waals surface area contributed by atoms with E-state index in [4.69, 9.17) is 4.99 Å². The van der Waals surface area contributed by atoms with Crippen molar-refractivity contribution in [2.24, 2.45) is 4.99 Å². The second-order valence-electron chi connectivity index (χ2n) is 5.54. The van der Waals surface area contributed by atoms with Gasteiger partial charge in [-0.15, -0.1) is 11.3 Å². The number of piperazine rings is 1. The van der Waals surface area contributed by atoms with E-state index in [-0.39, 0.29) is 0 Å². The molecule has 2 aromatic heterocycles.